The number of rotatable bonds is 2. The molecule has 5 atom stereocenters. The van der Waals surface area contributed by atoms with Crippen molar-refractivity contribution >= 4 is 11.9 Å². The first kappa shape index (κ1) is 9.42. The number of aliphatic carboxylic acids is 2. The third-order valence-corrected chi connectivity index (χ3v) is 3.31. The minimum Gasteiger partial charge on any atom is -0.481 e. The van der Waals surface area contributed by atoms with Gasteiger partial charge in [-0.15, -0.1) is 0 Å². The summed E-state index contributed by atoms with van der Waals surface area (Å²) in [4.78, 5) is 21.3. The van der Waals surface area contributed by atoms with E-state index >= 15 is 0 Å². The van der Waals surface area contributed by atoms with Gasteiger partial charge in [0.15, 0.2) is 5.60 Å². The van der Waals surface area contributed by atoms with Crippen LogP contribution in [0.5, 0.6) is 0 Å². The summed E-state index contributed by atoms with van der Waals surface area (Å²) in [7, 11) is 0. The van der Waals surface area contributed by atoms with Gasteiger partial charge in [-0.1, -0.05) is 0 Å². The van der Waals surface area contributed by atoms with Gasteiger partial charge in [0.1, 0.15) is 0 Å². The lowest BCUT2D eigenvalue weighted by molar-refractivity contribution is -0.173. The van der Waals surface area contributed by atoms with E-state index in [0.717, 1.165) is 0 Å². The van der Waals surface area contributed by atoms with Crippen LogP contribution in [-0.2, 0) is 9.59 Å². The van der Waals surface area contributed by atoms with Crippen molar-refractivity contribution in [1.29, 1.82) is 0 Å². The maximum atomic E-state index is 10.7. The SMILES string of the molecule is O=C(O)[C@H]1C2C[C@@H](O)[C@](O)(C(=O)O)[C@@H]21. The predicted molar refractivity (Wildman–Crippen MR) is 41.3 cm³/mol. The Labute approximate surface area is 78.8 Å². The van der Waals surface area contributed by atoms with Crippen LogP contribution in [-0.4, -0.2) is 44.1 Å². The van der Waals surface area contributed by atoms with Gasteiger partial charge < -0.3 is 20.4 Å². The van der Waals surface area contributed by atoms with E-state index < -0.39 is 41.4 Å². The summed E-state index contributed by atoms with van der Waals surface area (Å²) in [5, 5.41) is 36.4. The number of aliphatic hydroxyl groups is 2. The zero-order valence-corrected chi connectivity index (χ0v) is 7.12. The van der Waals surface area contributed by atoms with E-state index in [4.69, 9.17) is 10.2 Å². The third-order valence-electron chi connectivity index (χ3n) is 3.31. The molecule has 1 unspecified atom stereocenters. The summed E-state index contributed by atoms with van der Waals surface area (Å²) in [5.41, 5.74) is -2.27. The summed E-state index contributed by atoms with van der Waals surface area (Å²) in [6.45, 7) is 0. The van der Waals surface area contributed by atoms with Gasteiger partial charge in [0, 0.05) is 5.92 Å². The quantitative estimate of drug-likeness (QED) is 0.433. The highest BCUT2D eigenvalue weighted by Gasteiger charge is 2.75. The van der Waals surface area contributed by atoms with E-state index in [-0.39, 0.29) is 6.42 Å². The zero-order chi connectivity index (χ0) is 10.7. The summed E-state index contributed by atoms with van der Waals surface area (Å²) in [5.74, 6) is -4.71. The molecular weight excluding hydrogens is 192 g/mol. The third kappa shape index (κ3) is 0.869. The van der Waals surface area contributed by atoms with Crippen molar-refractivity contribution in [1.82, 2.24) is 0 Å². The molecule has 2 fully saturated rings. The van der Waals surface area contributed by atoms with Crippen LogP contribution < -0.4 is 0 Å². The van der Waals surface area contributed by atoms with Crippen molar-refractivity contribution in [3.63, 3.8) is 0 Å². The number of aliphatic hydroxyl groups excluding tert-OH is 1. The maximum Gasteiger partial charge on any atom is 0.338 e. The van der Waals surface area contributed by atoms with E-state index in [1.165, 1.54) is 0 Å². The highest BCUT2D eigenvalue weighted by Crippen LogP contribution is 2.62. The minimum absolute atomic E-state index is 0.0461. The van der Waals surface area contributed by atoms with E-state index in [9.17, 15) is 19.8 Å². The van der Waals surface area contributed by atoms with Gasteiger partial charge in [-0.2, -0.15) is 0 Å². The van der Waals surface area contributed by atoms with Gasteiger partial charge in [-0.05, 0) is 12.3 Å². The average molecular weight is 202 g/mol. The van der Waals surface area contributed by atoms with Crippen LogP contribution in [0.4, 0.5) is 0 Å². The largest absolute Gasteiger partial charge is 0.481 e. The molecule has 2 aliphatic carbocycles. The Kier molecular flexibility index (Phi) is 1.65. The summed E-state index contributed by atoms with van der Waals surface area (Å²) in [6.07, 6.45) is -1.31. The van der Waals surface area contributed by atoms with E-state index in [2.05, 4.69) is 0 Å². The highest BCUT2D eigenvalue weighted by atomic mass is 16.4. The molecule has 0 aromatic heterocycles. The first-order valence-corrected chi connectivity index (χ1v) is 4.27. The second kappa shape index (κ2) is 2.46. The summed E-state index contributed by atoms with van der Waals surface area (Å²) >= 11 is 0. The Morgan fingerprint density at radius 1 is 1.29 bits per heavy atom. The molecule has 0 amide bonds. The van der Waals surface area contributed by atoms with Crippen molar-refractivity contribution in [3.8, 4) is 0 Å². The molecule has 6 nitrogen and oxygen atoms in total. The Bertz CT molecular complexity index is 313. The van der Waals surface area contributed by atoms with Gasteiger partial charge in [0.2, 0.25) is 0 Å². The molecule has 2 saturated carbocycles. The molecule has 4 N–H and O–H groups in total. The molecule has 0 spiro atoms. The fourth-order valence-corrected chi connectivity index (χ4v) is 2.55. The average Bonchev–Trinajstić information content (AvgIpc) is 2.70. The number of fused-ring (bicyclic) bond motifs is 1. The lowest BCUT2D eigenvalue weighted by atomic mass is 9.92. The second-order valence-electron chi connectivity index (χ2n) is 3.94. The molecule has 6 heteroatoms. The van der Waals surface area contributed by atoms with Crippen LogP contribution in [0.1, 0.15) is 6.42 Å². The fourth-order valence-electron chi connectivity index (χ4n) is 2.55. The van der Waals surface area contributed by atoms with Crippen LogP contribution in [0, 0.1) is 17.8 Å². The maximum absolute atomic E-state index is 10.7. The van der Waals surface area contributed by atoms with Gasteiger partial charge in [0.25, 0.3) is 0 Å². The first-order valence-electron chi connectivity index (χ1n) is 4.27. The smallest absolute Gasteiger partial charge is 0.338 e. The number of carboxylic acids is 2. The van der Waals surface area contributed by atoms with Crippen LogP contribution in [0.15, 0.2) is 0 Å². The molecule has 0 heterocycles. The Balaban J connectivity index is 2.26. The molecular formula is C8H10O6. The molecule has 0 saturated heterocycles. The number of hydrogen-bond acceptors (Lipinski definition) is 4. The van der Waals surface area contributed by atoms with Crippen molar-refractivity contribution < 1.29 is 30.0 Å². The topological polar surface area (TPSA) is 115 Å². The normalized spacial score (nSPS) is 49.9. The van der Waals surface area contributed by atoms with E-state index in [0.29, 0.717) is 0 Å². The van der Waals surface area contributed by atoms with Gasteiger partial charge in [0.05, 0.1) is 12.0 Å². The zero-order valence-electron chi connectivity index (χ0n) is 7.12. The summed E-state index contributed by atoms with van der Waals surface area (Å²) in [6, 6.07) is 0. The monoisotopic (exact) mass is 202 g/mol. The number of carbonyl (C=O) groups is 2. The van der Waals surface area contributed by atoms with Crippen LogP contribution in [0.2, 0.25) is 0 Å². The van der Waals surface area contributed by atoms with Crippen molar-refractivity contribution in [3.05, 3.63) is 0 Å². The summed E-state index contributed by atoms with van der Waals surface area (Å²) < 4.78 is 0. The Morgan fingerprint density at radius 2 is 1.86 bits per heavy atom. The molecule has 2 rings (SSSR count). The Morgan fingerprint density at radius 3 is 2.29 bits per heavy atom. The van der Waals surface area contributed by atoms with Crippen LogP contribution >= 0.6 is 0 Å². The van der Waals surface area contributed by atoms with E-state index in [1.54, 1.807) is 0 Å². The number of hydrogen-bond donors (Lipinski definition) is 4. The Hall–Kier alpha value is -1.14. The lowest BCUT2D eigenvalue weighted by Crippen LogP contribution is -2.50. The van der Waals surface area contributed by atoms with Crippen molar-refractivity contribution in [2.45, 2.75) is 18.1 Å². The van der Waals surface area contributed by atoms with Crippen molar-refractivity contribution in [2.24, 2.45) is 17.8 Å². The standard InChI is InChI=1S/C8H10O6/c9-3-1-2-4(6(10)11)5(2)8(3,14)7(12)13/h2-5,9,14H,1H2,(H,10,11)(H,12,13)/t2?,3-,4+,5+,8-/m1/s1. The molecule has 0 aromatic rings. The molecule has 0 radical (unpaired) electrons. The molecule has 14 heavy (non-hydrogen) atoms. The number of carboxylic acid groups (broad SMARTS) is 2. The van der Waals surface area contributed by atoms with Crippen molar-refractivity contribution in [2.75, 3.05) is 0 Å². The molecule has 2 aliphatic rings. The van der Waals surface area contributed by atoms with E-state index in [1.807, 2.05) is 0 Å². The van der Waals surface area contributed by atoms with Gasteiger partial charge >= 0.3 is 11.9 Å². The first-order chi connectivity index (χ1) is 6.40. The molecule has 0 bridgehead atoms. The fraction of sp³-hybridized carbons (Fsp3) is 0.750. The van der Waals surface area contributed by atoms with Crippen LogP contribution in [0.25, 0.3) is 0 Å². The minimum atomic E-state index is -2.27. The predicted octanol–water partition coefficient (Wildman–Crippen LogP) is -1.49. The van der Waals surface area contributed by atoms with Gasteiger partial charge in [-0.25, -0.2) is 4.79 Å². The second-order valence-corrected chi connectivity index (χ2v) is 3.94. The lowest BCUT2D eigenvalue weighted by Gasteiger charge is -2.25. The molecule has 0 aliphatic heterocycles. The van der Waals surface area contributed by atoms with Gasteiger partial charge in [-0.3, -0.25) is 4.79 Å². The highest BCUT2D eigenvalue weighted by molar-refractivity contribution is 5.84. The molecule has 0 aromatic carbocycles. The molecule has 78 valence electrons. The van der Waals surface area contributed by atoms with Crippen LogP contribution in [0.3, 0.4) is 0 Å².